The van der Waals surface area contributed by atoms with Crippen molar-refractivity contribution in [1.82, 2.24) is 5.32 Å². The molecule has 4 nitrogen and oxygen atoms in total. The highest BCUT2D eigenvalue weighted by atomic mass is 32.2. The van der Waals surface area contributed by atoms with E-state index in [1.54, 1.807) is 12.1 Å². The molecule has 0 spiro atoms. The Morgan fingerprint density at radius 1 is 1.41 bits per heavy atom. The first-order valence-electron chi connectivity index (χ1n) is 5.31. The zero-order valence-electron chi connectivity index (χ0n) is 10.1. The van der Waals surface area contributed by atoms with Gasteiger partial charge in [-0.05, 0) is 31.5 Å². The third-order valence-electron chi connectivity index (χ3n) is 2.42. The summed E-state index contributed by atoms with van der Waals surface area (Å²) in [7, 11) is -3.61. The highest BCUT2D eigenvalue weighted by molar-refractivity contribution is 7.89. The Bertz CT molecular complexity index is 492. The normalized spacial score (nSPS) is 13.4. The number of nitrogens with one attached hydrogen (secondary N) is 1. The molecule has 5 heteroatoms. The van der Waals surface area contributed by atoms with Crippen molar-refractivity contribution in [1.29, 1.82) is 0 Å². The molecule has 1 aromatic carbocycles. The molecule has 0 heterocycles. The van der Waals surface area contributed by atoms with Gasteiger partial charge in [0.1, 0.15) is 0 Å². The lowest BCUT2D eigenvalue weighted by Crippen LogP contribution is -2.20. The van der Waals surface area contributed by atoms with Crippen molar-refractivity contribution in [3.8, 4) is 0 Å². The molecule has 1 aromatic rings. The molecule has 0 aromatic heterocycles. The van der Waals surface area contributed by atoms with Crippen molar-refractivity contribution in [3.63, 3.8) is 0 Å². The first-order valence-corrected chi connectivity index (χ1v) is 6.86. The van der Waals surface area contributed by atoms with Gasteiger partial charge in [0.2, 0.25) is 10.0 Å². The Morgan fingerprint density at radius 3 is 2.35 bits per heavy atom. The predicted molar refractivity (Wildman–Crippen MR) is 69.0 cm³/mol. The van der Waals surface area contributed by atoms with Crippen LogP contribution in [0.2, 0.25) is 0 Å². The highest BCUT2D eigenvalue weighted by Gasteiger charge is 2.09. The maximum Gasteiger partial charge on any atom is 0.238 e. The number of hydrogen-bond donors (Lipinski definition) is 2. The van der Waals surface area contributed by atoms with Crippen molar-refractivity contribution < 1.29 is 8.42 Å². The number of nitrogens with two attached hydrogens (primary N) is 1. The van der Waals surface area contributed by atoms with Gasteiger partial charge in [-0.15, -0.1) is 0 Å². The minimum atomic E-state index is -3.61. The molecule has 94 valence electrons. The second-order valence-corrected chi connectivity index (χ2v) is 5.74. The molecule has 0 aliphatic carbocycles. The molecule has 0 saturated carbocycles. The summed E-state index contributed by atoms with van der Waals surface area (Å²) in [5.41, 5.74) is 2.07. The third-order valence-corrected chi connectivity index (χ3v) is 3.35. The summed E-state index contributed by atoms with van der Waals surface area (Å²) < 4.78 is 22.2. The van der Waals surface area contributed by atoms with Gasteiger partial charge in [-0.3, -0.25) is 0 Å². The van der Waals surface area contributed by atoms with Gasteiger partial charge in [0.25, 0.3) is 0 Å². The van der Waals surface area contributed by atoms with Crippen molar-refractivity contribution in [2.45, 2.75) is 24.8 Å². The van der Waals surface area contributed by atoms with Crippen molar-refractivity contribution >= 4 is 10.0 Å². The van der Waals surface area contributed by atoms with Gasteiger partial charge in [-0.25, -0.2) is 13.6 Å². The van der Waals surface area contributed by atoms with E-state index < -0.39 is 10.0 Å². The van der Waals surface area contributed by atoms with Gasteiger partial charge >= 0.3 is 0 Å². The topological polar surface area (TPSA) is 72.2 Å². The second-order valence-electron chi connectivity index (χ2n) is 4.17. The van der Waals surface area contributed by atoms with Crippen LogP contribution >= 0.6 is 0 Å². The zero-order valence-corrected chi connectivity index (χ0v) is 10.9. The van der Waals surface area contributed by atoms with Crippen LogP contribution < -0.4 is 10.5 Å². The number of hydrogen-bond acceptors (Lipinski definition) is 3. The summed E-state index contributed by atoms with van der Waals surface area (Å²) in [6.07, 6.45) is 0. The highest BCUT2D eigenvalue weighted by Crippen LogP contribution is 2.15. The van der Waals surface area contributed by atoms with Crippen LogP contribution in [0.4, 0.5) is 0 Å². The molecule has 0 radical (unpaired) electrons. The predicted octanol–water partition coefficient (Wildman–Crippen LogP) is 1.56. The van der Waals surface area contributed by atoms with Gasteiger partial charge in [-0.1, -0.05) is 24.3 Å². The summed E-state index contributed by atoms with van der Waals surface area (Å²) in [5, 5.41) is 8.30. The van der Waals surface area contributed by atoms with E-state index in [-0.39, 0.29) is 10.9 Å². The smallest absolute Gasteiger partial charge is 0.238 e. The van der Waals surface area contributed by atoms with Crippen LogP contribution in [0.5, 0.6) is 0 Å². The molecule has 1 rings (SSSR count). The Balaban J connectivity index is 2.77. The first-order chi connectivity index (χ1) is 7.80. The van der Waals surface area contributed by atoms with E-state index in [0.717, 1.165) is 17.7 Å². The lowest BCUT2D eigenvalue weighted by molar-refractivity contribution is 0.596. The summed E-state index contributed by atoms with van der Waals surface area (Å²) in [6.45, 7) is 8.50. The lowest BCUT2D eigenvalue weighted by Gasteiger charge is -2.14. The van der Waals surface area contributed by atoms with Crippen LogP contribution in [0.15, 0.2) is 41.3 Å². The van der Waals surface area contributed by atoms with Crippen LogP contribution in [-0.4, -0.2) is 15.0 Å². The van der Waals surface area contributed by atoms with E-state index in [9.17, 15) is 8.42 Å². The average Bonchev–Trinajstić information content (AvgIpc) is 2.25. The van der Waals surface area contributed by atoms with E-state index >= 15 is 0 Å². The molecule has 0 amide bonds. The number of rotatable bonds is 5. The zero-order chi connectivity index (χ0) is 13.1. The molecule has 0 saturated heterocycles. The average molecular weight is 254 g/mol. The second kappa shape index (κ2) is 5.44. The Labute approximate surface area is 103 Å². The SMILES string of the molecule is C=C(C)CNC(C)c1ccc(S(N)(=O)=O)cc1. The monoisotopic (exact) mass is 254 g/mol. The van der Waals surface area contributed by atoms with Crippen LogP contribution in [0.3, 0.4) is 0 Å². The quantitative estimate of drug-likeness (QED) is 0.783. The van der Waals surface area contributed by atoms with Gasteiger partial charge in [0.05, 0.1) is 4.90 Å². The first kappa shape index (κ1) is 13.9. The standard InChI is InChI=1S/C12H18N2O2S/c1-9(2)8-14-10(3)11-4-6-12(7-5-11)17(13,15)16/h4-7,10,14H,1,8H2,2-3H3,(H2,13,15,16). The van der Waals surface area contributed by atoms with E-state index in [4.69, 9.17) is 5.14 Å². The summed E-state index contributed by atoms with van der Waals surface area (Å²) in [4.78, 5) is 0.133. The Kier molecular flexibility index (Phi) is 4.45. The van der Waals surface area contributed by atoms with Crippen LogP contribution in [-0.2, 0) is 10.0 Å². The number of benzene rings is 1. The largest absolute Gasteiger partial charge is 0.306 e. The van der Waals surface area contributed by atoms with E-state index in [2.05, 4.69) is 11.9 Å². The van der Waals surface area contributed by atoms with Gasteiger partial charge < -0.3 is 5.32 Å². The fourth-order valence-electron chi connectivity index (χ4n) is 1.39. The molecule has 1 atom stereocenters. The molecule has 0 aliphatic rings. The maximum absolute atomic E-state index is 11.1. The molecule has 1 unspecified atom stereocenters. The van der Waals surface area contributed by atoms with Crippen molar-refractivity contribution in [2.24, 2.45) is 5.14 Å². The van der Waals surface area contributed by atoms with Gasteiger partial charge in [0.15, 0.2) is 0 Å². The van der Waals surface area contributed by atoms with Crippen LogP contribution in [0, 0.1) is 0 Å². The maximum atomic E-state index is 11.1. The van der Waals surface area contributed by atoms with E-state index in [1.165, 1.54) is 12.1 Å². The molecule has 3 N–H and O–H groups in total. The van der Waals surface area contributed by atoms with Crippen LogP contribution in [0.25, 0.3) is 0 Å². The number of sulfonamides is 1. The van der Waals surface area contributed by atoms with Crippen molar-refractivity contribution in [2.75, 3.05) is 6.54 Å². The molecule has 0 fully saturated rings. The fourth-order valence-corrected chi connectivity index (χ4v) is 1.91. The van der Waals surface area contributed by atoms with Gasteiger partial charge in [-0.2, -0.15) is 0 Å². The Hall–Kier alpha value is -1.17. The number of primary sulfonamides is 1. The molecular weight excluding hydrogens is 236 g/mol. The minimum absolute atomic E-state index is 0.133. The summed E-state index contributed by atoms with van der Waals surface area (Å²) >= 11 is 0. The van der Waals surface area contributed by atoms with Gasteiger partial charge in [0, 0.05) is 12.6 Å². The molecule has 0 bridgehead atoms. The van der Waals surface area contributed by atoms with E-state index in [1.807, 2.05) is 13.8 Å². The minimum Gasteiger partial charge on any atom is -0.306 e. The lowest BCUT2D eigenvalue weighted by atomic mass is 10.1. The molecular formula is C12H18N2O2S. The third kappa shape index (κ3) is 4.30. The Morgan fingerprint density at radius 2 is 1.94 bits per heavy atom. The fraction of sp³-hybridized carbons (Fsp3) is 0.333. The summed E-state index contributed by atoms with van der Waals surface area (Å²) in [5.74, 6) is 0. The molecule has 17 heavy (non-hydrogen) atoms. The van der Waals surface area contributed by atoms with Crippen molar-refractivity contribution in [3.05, 3.63) is 42.0 Å². The summed E-state index contributed by atoms with van der Waals surface area (Å²) in [6, 6.07) is 6.69. The molecule has 0 aliphatic heterocycles. The van der Waals surface area contributed by atoms with E-state index in [0.29, 0.717) is 0 Å². The van der Waals surface area contributed by atoms with Crippen LogP contribution in [0.1, 0.15) is 25.5 Å².